The van der Waals surface area contributed by atoms with Crippen LogP contribution in [0.25, 0.3) is 0 Å². The number of benzene rings is 2. The van der Waals surface area contributed by atoms with Crippen molar-refractivity contribution in [2.45, 2.75) is 4.90 Å². The Hall–Kier alpha value is -2.09. The summed E-state index contributed by atoms with van der Waals surface area (Å²) in [6.45, 7) is 0. The Morgan fingerprint density at radius 2 is 1.68 bits per heavy atom. The molecule has 2 nitrogen and oxygen atoms in total. The third kappa shape index (κ3) is 3.76. The van der Waals surface area contributed by atoms with Crippen LogP contribution in [0.3, 0.4) is 0 Å². The van der Waals surface area contributed by atoms with E-state index < -0.39 is 40.7 Å². The van der Waals surface area contributed by atoms with Crippen molar-refractivity contribution >= 4 is 23.4 Å². The van der Waals surface area contributed by atoms with Crippen molar-refractivity contribution in [3.05, 3.63) is 59.4 Å². The van der Waals surface area contributed by atoms with Gasteiger partial charge in [0.25, 0.3) is 0 Å². The van der Waals surface area contributed by atoms with Gasteiger partial charge in [0, 0.05) is 11.0 Å². The molecule has 0 radical (unpaired) electrons. The molecule has 8 heteroatoms. The Bertz CT molecular complexity index is 723. The molecule has 1 amide bonds. The summed E-state index contributed by atoms with van der Waals surface area (Å²) >= 11 is 0.752. The van der Waals surface area contributed by atoms with Crippen LogP contribution in [-0.2, 0) is 4.79 Å². The summed E-state index contributed by atoms with van der Waals surface area (Å²) in [6.07, 6.45) is 0. The predicted molar refractivity (Wildman–Crippen MR) is 72.0 cm³/mol. The van der Waals surface area contributed by atoms with Gasteiger partial charge in [-0.2, -0.15) is 0 Å². The van der Waals surface area contributed by atoms with Crippen LogP contribution in [0.15, 0.2) is 35.2 Å². The monoisotopic (exact) mass is 333 g/mol. The maximum atomic E-state index is 13.4. The van der Waals surface area contributed by atoms with Gasteiger partial charge in [0.2, 0.25) is 5.91 Å². The minimum Gasteiger partial charge on any atom is -0.323 e. The van der Waals surface area contributed by atoms with E-state index in [-0.39, 0.29) is 10.6 Å². The molecule has 0 spiro atoms. The van der Waals surface area contributed by atoms with E-state index >= 15 is 0 Å². The van der Waals surface area contributed by atoms with Crippen molar-refractivity contribution in [2.75, 3.05) is 11.1 Å². The fourth-order valence-electron chi connectivity index (χ4n) is 1.54. The summed E-state index contributed by atoms with van der Waals surface area (Å²) < 4.78 is 65.1. The Morgan fingerprint density at radius 1 is 0.955 bits per heavy atom. The largest absolute Gasteiger partial charge is 0.323 e. The fraction of sp³-hybridized carbons (Fsp3) is 0.0714. The molecule has 22 heavy (non-hydrogen) atoms. The summed E-state index contributed by atoms with van der Waals surface area (Å²) in [6, 6.07) is 4.38. The Kier molecular flexibility index (Phi) is 5.02. The first-order valence-electron chi connectivity index (χ1n) is 5.89. The molecule has 0 saturated carbocycles. The highest BCUT2D eigenvalue weighted by Crippen LogP contribution is 2.23. The zero-order chi connectivity index (χ0) is 16.3. The maximum absolute atomic E-state index is 13.4. The van der Waals surface area contributed by atoms with Crippen LogP contribution in [0.1, 0.15) is 0 Å². The van der Waals surface area contributed by atoms with Crippen molar-refractivity contribution in [1.29, 1.82) is 0 Å². The van der Waals surface area contributed by atoms with Gasteiger partial charge in [0.05, 0.1) is 11.4 Å². The van der Waals surface area contributed by atoms with E-state index in [0.717, 1.165) is 30.0 Å². The van der Waals surface area contributed by atoms with Gasteiger partial charge in [0.1, 0.15) is 11.6 Å². The van der Waals surface area contributed by atoms with Crippen molar-refractivity contribution in [1.82, 2.24) is 0 Å². The topological polar surface area (TPSA) is 29.1 Å². The lowest BCUT2D eigenvalue weighted by Gasteiger charge is -2.07. The van der Waals surface area contributed by atoms with E-state index in [0.29, 0.717) is 12.1 Å². The second kappa shape index (κ2) is 6.78. The lowest BCUT2D eigenvalue weighted by atomic mass is 10.3. The molecule has 0 aliphatic carbocycles. The van der Waals surface area contributed by atoms with Gasteiger partial charge >= 0.3 is 0 Å². The fourth-order valence-corrected chi connectivity index (χ4v) is 2.26. The first-order valence-corrected chi connectivity index (χ1v) is 6.88. The van der Waals surface area contributed by atoms with Gasteiger partial charge < -0.3 is 5.32 Å². The summed E-state index contributed by atoms with van der Waals surface area (Å²) in [7, 11) is 0. The minimum absolute atomic E-state index is 0.0299. The van der Waals surface area contributed by atoms with Gasteiger partial charge in [-0.25, -0.2) is 22.0 Å². The van der Waals surface area contributed by atoms with Crippen molar-refractivity contribution in [3.63, 3.8) is 0 Å². The summed E-state index contributed by atoms with van der Waals surface area (Å²) in [5, 5.41) is 2.04. The Balaban J connectivity index is 2.00. The number of amides is 1. The molecule has 2 aromatic rings. The molecule has 0 aliphatic heterocycles. The number of anilines is 1. The molecule has 2 rings (SSSR count). The quantitative estimate of drug-likeness (QED) is 0.518. The van der Waals surface area contributed by atoms with E-state index in [9.17, 15) is 26.7 Å². The summed E-state index contributed by atoms with van der Waals surface area (Å²) in [4.78, 5) is 11.6. The second-order valence-electron chi connectivity index (χ2n) is 4.13. The molecule has 0 atom stereocenters. The smallest absolute Gasteiger partial charge is 0.234 e. The average Bonchev–Trinajstić information content (AvgIpc) is 2.47. The number of rotatable bonds is 4. The number of nitrogens with one attached hydrogen (secondary N) is 1. The number of carbonyl (C=O) groups excluding carboxylic acids is 1. The highest BCUT2D eigenvalue weighted by Gasteiger charge is 2.15. The highest BCUT2D eigenvalue weighted by molar-refractivity contribution is 8.00. The highest BCUT2D eigenvalue weighted by atomic mass is 32.2. The number of carbonyl (C=O) groups is 1. The number of hydrogen-bond donors (Lipinski definition) is 1. The van der Waals surface area contributed by atoms with Crippen LogP contribution in [0.4, 0.5) is 27.6 Å². The van der Waals surface area contributed by atoms with Crippen LogP contribution in [0.5, 0.6) is 0 Å². The third-order valence-electron chi connectivity index (χ3n) is 2.56. The van der Waals surface area contributed by atoms with E-state index in [1.807, 2.05) is 5.32 Å². The number of hydrogen-bond acceptors (Lipinski definition) is 2. The molecule has 0 bridgehead atoms. The summed E-state index contributed by atoms with van der Waals surface area (Å²) in [5.41, 5.74) is -0.524. The maximum Gasteiger partial charge on any atom is 0.234 e. The molecule has 0 aromatic heterocycles. The Labute approximate surface area is 126 Å². The van der Waals surface area contributed by atoms with E-state index in [1.165, 1.54) is 0 Å². The van der Waals surface area contributed by atoms with E-state index in [4.69, 9.17) is 0 Å². The molecule has 0 unspecified atom stereocenters. The standard InChI is InChI=1S/C14H8F5NOS/c15-7-1-4-11(9(17)5-7)22-6-12(21)20-10-3-2-8(16)13(18)14(10)19/h1-5H,6H2,(H,20,21). The molecule has 2 aromatic carbocycles. The molecule has 0 saturated heterocycles. The van der Waals surface area contributed by atoms with E-state index in [1.54, 1.807) is 0 Å². The van der Waals surface area contributed by atoms with Gasteiger partial charge in [-0.3, -0.25) is 4.79 Å². The lowest BCUT2D eigenvalue weighted by molar-refractivity contribution is -0.113. The molecule has 0 heterocycles. The van der Waals surface area contributed by atoms with Crippen LogP contribution in [-0.4, -0.2) is 11.7 Å². The van der Waals surface area contributed by atoms with Crippen molar-refractivity contribution in [2.24, 2.45) is 0 Å². The third-order valence-corrected chi connectivity index (χ3v) is 3.61. The Morgan fingerprint density at radius 3 is 2.36 bits per heavy atom. The van der Waals surface area contributed by atoms with Crippen LogP contribution in [0, 0.1) is 29.1 Å². The minimum atomic E-state index is -1.70. The van der Waals surface area contributed by atoms with Gasteiger partial charge in [0.15, 0.2) is 17.5 Å². The van der Waals surface area contributed by atoms with Gasteiger partial charge in [-0.15, -0.1) is 11.8 Å². The van der Waals surface area contributed by atoms with E-state index in [2.05, 4.69) is 0 Å². The van der Waals surface area contributed by atoms with Crippen molar-refractivity contribution in [3.8, 4) is 0 Å². The zero-order valence-corrected chi connectivity index (χ0v) is 11.6. The average molecular weight is 333 g/mol. The zero-order valence-electron chi connectivity index (χ0n) is 10.8. The SMILES string of the molecule is O=C(CSc1ccc(F)cc1F)Nc1ccc(F)c(F)c1F. The molecule has 0 aliphatic rings. The van der Waals surface area contributed by atoms with Crippen LogP contribution < -0.4 is 5.32 Å². The molecular formula is C14H8F5NOS. The van der Waals surface area contributed by atoms with Gasteiger partial charge in [-0.1, -0.05) is 0 Å². The molecule has 1 N–H and O–H groups in total. The van der Waals surface area contributed by atoms with Crippen LogP contribution in [0.2, 0.25) is 0 Å². The summed E-state index contributed by atoms with van der Waals surface area (Å²) in [5.74, 6) is -7.26. The van der Waals surface area contributed by atoms with Crippen LogP contribution >= 0.6 is 11.8 Å². The first kappa shape index (κ1) is 16.3. The molecule has 116 valence electrons. The normalized spacial score (nSPS) is 10.6. The molecular weight excluding hydrogens is 325 g/mol. The predicted octanol–water partition coefficient (Wildman–Crippen LogP) is 4.11. The second-order valence-corrected chi connectivity index (χ2v) is 5.15. The number of halogens is 5. The number of thioether (sulfide) groups is 1. The van der Waals surface area contributed by atoms with Gasteiger partial charge in [-0.05, 0) is 24.3 Å². The lowest BCUT2D eigenvalue weighted by Crippen LogP contribution is -2.16. The van der Waals surface area contributed by atoms with Crippen molar-refractivity contribution < 1.29 is 26.7 Å². The first-order chi connectivity index (χ1) is 10.4. The molecule has 0 fully saturated rings.